The maximum absolute atomic E-state index is 12.8. The molecular formula is C17H16F3N5O3. The zero-order chi connectivity index (χ0) is 20.8. The lowest BCUT2D eigenvalue weighted by Crippen LogP contribution is -2.35. The molecule has 2 heterocycles. The van der Waals surface area contributed by atoms with Gasteiger partial charge in [-0.15, -0.1) is 0 Å². The van der Waals surface area contributed by atoms with Crippen LogP contribution in [0.25, 0.3) is 16.6 Å². The van der Waals surface area contributed by atoms with Crippen molar-refractivity contribution in [3.8, 4) is 5.69 Å². The van der Waals surface area contributed by atoms with Crippen LogP contribution in [0.2, 0.25) is 0 Å². The van der Waals surface area contributed by atoms with Crippen molar-refractivity contribution in [1.29, 1.82) is 0 Å². The Bertz CT molecular complexity index is 1160. The van der Waals surface area contributed by atoms with E-state index in [9.17, 15) is 27.6 Å². The summed E-state index contributed by atoms with van der Waals surface area (Å²) in [5, 5.41) is 7.50. The number of nitrogens with one attached hydrogen (secondary N) is 2. The highest BCUT2D eigenvalue weighted by molar-refractivity contribution is 5.87. The Morgan fingerprint density at radius 1 is 1.25 bits per heavy atom. The number of aromatic nitrogens is 4. The summed E-state index contributed by atoms with van der Waals surface area (Å²) >= 11 is 0. The fourth-order valence-electron chi connectivity index (χ4n) is 2.93. The minimum absolute atomic E-state index is 0.0535. The van der Waals surface area contributed by atoms with Crippen LogP contribution in [-0.2, 0) is 11.0 Å². The molecule has 2 aromatic heterocycles. The molecule has 0 spiro atoms. The predicted molar refractivity (Wildman–Crippen MR) is 94.5 cm³/mol. The molecule has 0 bridgehead atoms. The SMILES string of the molecule is CNC(=O)C(C)n1nc(C)c2ccc(-n3c(=O)cc(C(F)(F)F)[nH]c3=O)cc21. The average molecular weight is 395 g/mol. The van der Waals surface area contributed by atoms with Gasteiger partial charge in [-0.2, -0.15) is 18.3 Å². The molecule has 0 aliphatic rings. The number of fused-ring (bicyclic) bond motifs is 1. The smallest absolute Gasteiger partial charge is 0.357 e. The summed E-state index contributed by atoms with van der Waals surface area (Å²) in [5.74, 6) is -0.306. The van der Waals surface area contributed by atoms with E-state index < -0.39 is 29.2 Å². The van der Waals surface area contributed by atoms with E-state index in [0.717, 1.165) is 0 Å². The maximum atomic E-state index is 12.8. The zero-order valence-electron chi connectivity index (χ0n) is 15.1. The number of amides is 1. The number of nitrogens with zero attached hydrogens (tertiary/aromatic N) is 3. The van der Waals surface area contributed by atoms with E-state index in [0.29, 0.717) is 27.2 Å². The normalized spacial score (nSPS) is 12.9. The Kier molecular flexibility index (Phi) is 4.61. The van der Waals surface area contributed by atoms with Crippen LogP contribution in [0.1, 0.15) is 24.4 Å². The molecule has 0 saturated heterocycles. The van der Waals surface area contributed by atoms with Crippen molar-refractivity contribution in [1.82, 2.24) is 24.6 Å². The molecule has 148 valence electrons. The molecule has 3 aromatic rings. The molecule has 8 nitrogen and oxygen atoms in total. The van der Waals surface area contributed by atoms with Gasteiger partial charge in [0.1, 0.15) is 11.7 Å². The van der Waals surface area contributed by atoms with E-state index >= 15 is 0 Å². The third-order valence-electron chi connectivity index (χ3n) is 4.36. The Morgan fingerprint density at radius 3 is 2.50 bits per heavy atom. The number of aryl methyl sites for hydroxylation is 1. The number of hydrogen-bond acceptors (Lipinski definition) is 4. The second kappa shape index (κ2) is 6.66. The molecule has 0 radical (unpaired) electrons. The number of rotatable bonds is 3. The first kappa shape index (κ1) is 19.4. The maximum Gasteiger partial charge on any atom is 0.431 e. The van der Waals surface area contributed by atoms with Crippen molar-refractivity contribution in [2.45, 2.75) is 26.1 Å². The van der Waals surface area contributed by atoms with Gasteiger partial charge in [0.05, 0.1) is 16.9 Å². The fraction of sp³-hybridized carbons (Fsp3) is 0.294. The minimum atomic E-state index is -4.85. The Morgan fingerprint density at radius 2 is 1.93 bits per heavy atom. The van der Waals surface area contributed by atoms with Crippen LogP contribution in [0.4, 0.5) is 13.2 Å². The van der Waals surface area contributed by atoms with Gasteiger partial charge in [-0.25, -0.2) is 9.36 Å². The molecule has 0 saturated carbocycles. The summed E-state index contributed by atoms with van der Waals surface area (Å²) in [6, 6.07) is 4.08. The van der Waals surface area contributed by atoms with Crippen LogP contribution in [0.15, 0.2) is 33.9 Å². The fourth-order valence-corrected chi connectivity index (χ4v) is 2.93. The topological polar surface area (TPSA) is 102 Å². The standard InChI is InChI=1S/C17H16F3N5O3/c1-8-11-5-4-10(6-12(11)25(23-8)9(2)15(27)21-3)24-14(26)7-13(17(18,19)20)22-16(24)28/h4-7,9H,1-3H3,(H,21,27)(H,22,28). The summed E-state index contributed by atoms with van der Waals surface area (Å²) in [4.78, 5) is 38.0. The lowest BCUT2D eigenvalue weighted by Gasteiger charge is -2.13. The van der Waals surface area contributed by atoms with E-state index in [1.165, 1.54) is 23.9 Å². The third-order valence-corrected chi connectivity index (χ3v) is 4.36. The number of likely N-dealkylation sites (N-methyl/N-ethyl adjacent to an activating group) is 1. The van der Waals surface area contributed by atoms with Crippen molar-refractivity contribution in [3.05, 3.63) is 56.5 Å². The number of benzene rings is 1. The predicted octanol–water partition coefficient (Wildman–Crippen LogP) is 1.51. The highest BCUT2D eigenvalue weighted by atomic mass is 19.4. The van der Waals surface area contributed by atoms with Gasteiger partial charge in [-0.1, -0.05) is 0 Å². The summed E-state index contributed by atoms with van der Waals surface area (Å²) in [6.45, 7) is 3.35. The number of carbonyl (C=O) groups is 1. The number of H-pyrrole nitrogens is 1. The first-order valence-electron chi connectivity index (χ1n) is 8.19. The number of alkyl halides is 3. The zero-order valence-corrected chi connectivity index (χ0v) is 15.1. The van der Waals surface area contributed by atoms with Gasteiger partial charge in [0.15, 0.2) is 0 Å². The van der Waals surface area contributed by atoms with Crippen molar-refractivity contribution < 1.29 is 18.0 Å². The van der Waals surface area contributed by atoms with Gasteiger partial charge in [0, 0.05) is 18.5 Å². The van der Waals surface area contributed by atoms with Crippen LogP contribution in [0, 0.1) is 6.92 Å². The third kappa shape index (κ3) is 3.19. The number of carbonyl (C=O) groups excluding carboxylic acids is 1. The second-order valence-electron chi connectivity index (χ2n) is 6.18. The molecule has 0 aliphatic carbocycles. The van der Waals surface area contributed by atoms with Gasteiger partial charge in [0.25, 0.3) is 5.56 Å². The van der Waals surface area contributed by atoms with Crippen molar-refractivity contribution >= 4 is 16.8 Å². The highest BCUT2D eigenvalue weighted by Gasteiger charge is 2.33. The van der Waals surface area contributed by atoms with Crippen LogP contribution in [0.5, 0.6) is 0 Å². The van der Waals surface area contributed by atoms with Gasteiger partial charge < -0.3 is 10.3 Å². The van der Waals surface area contributed by atoms with Crippen LogP contribution in [0.3, 0.4) is 0 Å². The highest BCUT2D eigenvalue weighted by Crippen LogP contribution is 2.26. The largest absolute Gasteiger partial charge is 0.431 e. The van der Waals surface area contributed by atoms with E-state index in [-0.39, 0.29) is 11.6 Å². The summed E-state index contributed by atoms with van der Waals surface area (Å²) < 4.78 is 40.3. The molecule has 0 aliphatic heterocycles. The first-order chi connectivity index (χ1) is 13.0. The Hall–Kier alpha value is -3.37. The molecule has 3 rings (SSSR count). The van der Waals surface area contributed by atoms with E-state index in [1.807, 2.05) is 0 Å². The first-order valence-corrected chi connectivity index (χ1v) is 8.19. The van der Waals surface area contributed by atoms with Crippen molar-refractivity contribution in [3.63, 3.8) is 0 Å². The molecule has 1 aromatic carbocycles. The van der Waals surface area contributed by atoms with Crippen molar-refractivity contribution in [2.75, 3.05) is 7.05 Å². The average Bonchev–Trinajstić information content (AvgIpc) is 2.95. The Labute approximate surface area is 155 Å². The summed E-state index contributed by atoms with van der Waals surface area (Å²) in [7, 11) is 1.48. The van der Waals surface area contributed by atoms with E-state index in [4.69, 9.17) is 0 Å². The lowest BCUT2D eigenvalue weighted by molar-refractivity contribution is -0.141. The quantitative estimate of drug-likeness (QED) is 0.702. The molecule has 11 heteroatoms. The van der Waals surface area contributed by atoms with E-state index in [1.54, 1.807) is 24.9 Å². The van der Waals surface area contributed by atoms with Gasteiger partial charge in [-0.3, -0.25) is 14.3 Å². The molecular weight excluding hydrogens is 379 g/mol. The molecule has 1 amide bonds. The molecule has 1 atom stereocenters. The molecule has 0 fully saturated rings. The molecule has 1 unspecified atom stereocenters. The molecule has 28 heavy (non-hydrogen) atoms. The number of aromatic amines is 1. The molecule has 2 N–H and O–H groups in total. The Balaban J connectivity index is 2.22. The van der Waals surface area contributed by atoms with Crippen LogP contribution in [-0.4, -0.2) is 32.3 Å². The monoisotopic (exact) mass is 395 g/mol. The van der Waals surface area contributed by atoms with Crippen LogP contribution >= 0.6 is 0 Å². The lowest BCUT2D eigenvalue weighted by atomic mass is 10.2. The van der Waals surface area contributed by atoms with E-state index in [2.05, 4.69) is 10.4 Å². The summed E-state index contributed by atoms with van der Waals surface area (Å²) in [6.07, 6.45) is -4.85. The number of halogens is 3. The van der Waals surface area contributed by atoms with Gasteiger partial charge in [-0.05, 0) is 32.0 Å². The number of hydrogen-bond donors (Lipinski definition) is 2. The van der Waals surface area contributed by atoms with Gasteiger partial charge >= 0.3 is 11.9 Å². The van der Waals surface area contributed by atoms with Crippen molar-refractivity contribution in [2.24, 2.45) is 0 Å². The second-order valence-corrected chi connectivity index (χ2v) is 6.18. The van der Waals surface area contributed by atoms with Gasteiger partial charge in [0.2, 0.25) is 5.91 Å². The summed E-state index contributed by atoms with van der Waals surface area (Å²) in [5.41, 5.74) is -2.64. The minimum Gasteiger partial charge on any atom is -0.357 e. The van der Waals surface area contributed by atoms with Crippen LogP contribution < -0.4 is 16.6 Å².